The van der Waals surface area contributed by atoms with E-state index in [1.54, 1.807) is 17.0 Å². The number of carbonyl (C=O) groups is 2. The van der Waals surface area contributed by atoms with Crippen LogP contribution < -0.4 is 19.5 Å². The van der Waals surface area contributed by atoms with Gasteiger partial charge in [-0.1, -0.05) is 49.7 Å². The molecule has 2 fully saturated rings. The van der Waals surface area contributed by atoms with Crippen LogP contribution in [-0.2, 0) is 34.3 Å². The van der Waals surface area contributed by atoms with Gasteiger partial charge in [-0.2, -0.15) is 0 Å². The van der Waals surface area contributed by atoms with Gasteiger partial charge >= 0.3 is 5.97 Å². The van der Waals surface area contributed by atoms with E-state index in [0.717, 1.165) is 93.8 Å². The number of aliphatic carboxylic acids is 1. The first-order valence-corrected chi connectivity index (χ1v) is 25.2. The van der Waals surface area contributed by atoms with E-state index >= 15 is 0 Å². The van der Waals surface area contributed by atoms with Gasteiger partial charge in [-0.25, -0.2) is 9.18 Å². The normalized spacial score (nSPS) is 23.2. The number of aryl methyl sites for hydroxylation is 1. The largest absolute Gasteiger partial charge is 0.494 e. The molecule has 1 amide bonds. The minimum absolute atomic E-state index is 0.0794. The number of rotatable bonds is 20. The average Bonchev–Trinajstić information content (AvgIpc) is 3.61. The summed E-state index contributed by atoms with van der Waals surface area (Å²) in [6.45, 7) is 9.09. The molecule has 3 atom stereocenters. The minimum Gasteiger partial charge on any atom is -0.494 e. The van der Waals surface area contributed by atoms with Crippen LogP contribution in [-0.4, -0.2) is 96.5 Å². The lowest BCUT2D eigenvalue weighted by Crippen LogP contribution is -2.53. The Bertz CT molecular complexity index is 2310. The van der Waals surface area contributed by atoms with Crippen LogP contribution in [0.15, 0.2) is 79.0 Å². The van der Waals surface area contributed by atoms with Crippen LogP contribution in [0.25, 0.3) is 0 Å². The van der Waals surface area contributed by atoms with Gasteiger partial charge in [0.1, 0.15) is 35.6 Å². The van der Waals surface area contributed by atoms with Crippen molar-refractivity contribution >= 4 is 29.2 Å². The van der Waals surface area contributed by atoms with Gasteiger partial charge in [-0.15, -0.1) is 0 Å². The first-order chi connectivity index (χ1) is 32.4. The number of amides is 1. The molecule has 8 rings (SSSR count). The van der Waals surface area contributed by atoms with Crippen molar-refractivity contribution in [3.05, 3.63) is 112 Å². The Labute approximate surface area is 401 Å². The highest BCUT2D eigenvalue weighted by Gasteiger charge is 2.54. The molecule has 3 aromatic carbocycles. The number of ether oxygens (including phenoxy) is 3. The maximum absolute atomic E-state index is 13.5. The number of alkyl halides is 1. The van der Waals surface area contributed by atoms with Crippen LogP contribution in [0.5, 0.6) is 17.2 Å². The molecule has 4 aliphatic rings. The summed E-state index contributed by atoms with van der Waals surface area (Å²) in [6, 6.07) is 23.9. The first kappa shape index (κ1) is 48.6. The number of nitrogens with zero attached hydrogens (tertiary/aromatic N) is 3. The highest BCUT2D eigenvalue weighted by atomic mass is 35.5. The van der Waals surface area contributed by atoms with Gasteiger partial charge in [-0.05, 0) is 172 Å². The number of anilines is 1. The predicted octanol–water partition coefficient (Wildman–Crippen LogP) is 10.9. The summed E-state index contributed by atoms with van der Waals surface area (Å²) in [4.78, 5) is 35.1. The van der Waals surface area contributed by atoms with E-state index in [2.05, 4.69) is 53.3 Å². The molecule has 1 saturated carbocycles. The number of carboxylic acids is 1. The summed E-state index contributed by atoms with van der Waals surface area (Å²) in [6.07, 6.45) is 11.7. The van der Waals surface area contributed by atoms with Crippen LogP contribution in [0.4, 0.5) is 10.1 Å². The van der Waals surface area contributed by atoms with Gasteiger partial charge in [0.2, 0.25) is 5.91 Å². The molecule has 2 heterocycles. The summed E-state index contributed by atoms with van der Waals surface area (Å²) in [5.74, 6) is 2.81. The van der Waals surface area contributed by atoms with Crippen molar-refractivity contribution < 1.29 is 33.3 Å². The smallest absolute Gasteiger partial charge is 0.329 e. The van der Waals surface area contributed by atoms with Crippen molar-refractivity contribution in [2.24, 2.45) is 11.8 Å². The van der Waals surface area contributed by atoms with Crippen LogP contribution in [0, 0.1) is 11.8 Å². The third-order valence-corrected chi connectivity index (χ3v) is 15.6. The van der Waals surface area contributed by atoms with Gasteiger partial charge < -0.3 is 29.5 Å². The van der Waals surface area contributed by atoms with E-state index in [4.69, 9.17) is 25.8 Å². The monoisotopic (exact) mass is 936 g/mol. The Morgan fingerprint density at radius 2 is 1.75 bits per heavy atom. The Morgan fingerprint density at radius 3 is 2.54 bits per heavy atom. The third kappa shape index (κ3) is 11.9. The molecule has 4 aromatic rings. The molecule has 0 radical (unpaired) electrons. The quantitative estimate of drug-likeness (QED) is 0.0836. The van der Waals surface area contributed by atoms with E-state index in [1.807, 2.05) is 49.6 Å². The SMILES string of the molecule is C[C@@H](COc1ccnc2c1[C@H](C)CCC2)CC1Cc2ccc(OCCCC(=O)N(C)CCc3cccc(OCCN4CCC(F)CC4)c3)cc2C12CCC(Nc1cccc(Cl)c1)(C(=O)O)CC2. The Balaban J connectivity index is 0.873. The van der Waals surface area contributed by atoms with Gasteiger partial charge in [0.05, 0.1) is 13.2 Å². The van der Waals surface area contributed by atoms with Crippen molar-refractivity contribution in [1.82, 2.24) is 14.8 Å². The lowest BCUT2D eigenvalue weighted by atomic mass is 9.59. The molecular weight excluding hydrogens is 867 g/mol. The van der Waals surface area contributed by atoms with E-state index in [0.29, 0.717) is 87.4 Å². The summed E-state index contributed by atoms with van der Waals surface area (Å²) < 4.78 is 32.5. The number of piperidine rings is 1. The lowest BCUT2D eigenvalue weighted by molar-refractivity contribution is -0.144. The molecule has 1 saturated heterocycles. The molecule has 1 aliphatic heterocycles. The van der Waals surface area contributed by atoms with Crippen LogP contribution in [0.2, 0.25) is 5.02 Å². The second-order valence-corrected chi connectivity index (χ2v) is 20.5. The maximum atomic E-state index is 13.5. The van der Waals surface area contributed by atoms with E-state index in [-0.39, 0.29) is 17.2 Å². The van der Waals surface area contributed by atoms with Crippen LogP contribution >= 0.6 is 11.6 Å². The number of aromatic nitrogens is 1. The number of likely N-dealkylation sites (tertiary alicyclic amines) is 1. The molecule has 1 unspecified atom stereocenters. The summed E-state index contributed by atoms with van der Waals surface area (Å²) in [7, 11) is 1.86. The summed E-state index contributed by atoms with van der Waals surface area (Å²) in [5.41, 5.74) is 5.50. The minimum atomic E-state index is -1.11. The number of benzene rings is 3. The molecule has 360 valence electrons. The number of carboxylic acid groups (broad SMARTS) is 1. The van der Waals surface area contributed by atoms with Gasteiger partial charge in [0.15, 0.2) is 0 Å². The molecule has 1 spiro atoms. The molecule has 1 aromatic heterocycles. The van der Waals surface area contributed by atoms with Crippen molar-refractivity contribution in [3.63, 3.8) is 0 Å². The van der Waals surface area contributed by atoms with Crippen LogP contribution in [0.3, 0.4) is 0 Å². The lowest BCUT2D eigenvalue weighted by Gasteiger charge is -2.47. The summed E-state index contributed by atoms with van der Waals surface area (Å²) in [5, 5.41) is 14.7. The number of likely N-dealkylation sites (N-methyl/N-ethyl adjacent to an activating group) is 1. The van der Waals surface area contributed by atoms with Crippen LogP contribution in [0.1, 0.15) is 118 Å². The Morgan fingerprint density at radius 1 is 0.970 bits per heavy atom. The van der Waals surface area contributed by atoms with Crippen molar-refractivity contribution in [1.29, 1.82) is 0 Å². The number of pyridine rings is 1. The molecule has 10 nitrogen and oxygen atoms in total. The number of fused-ring (bicyclic) bond motifs is 3. The fourth-order valence-electron chi connectivity index (χ4n) is 11.4. The van der Waals surface area contributed by atoms with E-state index in [1.165, 1.54) is 22.4 Å². The van der Waals surface area contributed by atoms with Gasteiger partial charge in [0, 0.05) is 67.8 Å². The fourth-order valence-corrected chi connectivity index (χ4v) is 11.6. The topological polar surface area (TPSA) is 113 Å². The third-order valence-electron chi connectivity index (χ3n) is 15.3. The zero-order valence-corrected chi connectivity index (χ0v) is 40.5. The van der Waals surface area contributed by atoms with Crippen molar-refractivity contribution in [2.45, 2.75) is 127 Å². The highest BCUT2D eigenvalue weighted by molar-refractivity contribution is 6.30. The zero-order valence-electron chi connectivity index (χ0n) is 39.8. The molecule has 2 N–H and O–H groups in total. The maximum Gasteiger partial charge on any atom is 0.329 e. The molecule has 3 aliphatic carbocycles. The molecule has 67 heavy (non-hydrogen) atoms. The second kappa shape index (κ2) is 22.0. The van der Waals surface area contributed by atoms with E-state index < -0.39 is 17.7 Å². The Kier molecular flexibility index (Phi) is 16.0. The number of hydrogen-bond acceptors (Lipinski definition) is 8. The predicted molar refractivity (Wildman–Crippen MR) is 263 cm³/mol. The zero-order chi connectivity index (χ0) is 47.0. The number of carbonyl (C=O) groups excluding carboxylic acids is 1. The van der Waals surface area contributed by atoms with Gasteiger partial charge in [-0.3, -0.25) is 14.7 Å². The summed E-state index contributed by atoms with van der Waals surface area (Å²) >= 11 is 6.33. The molecular formula is C55H70ClFN4O6. The number of nitrogens with one attached hydrogen (secondary N) is 1. The molecule has 0 bridgehead atoms. The number of hydrogen-bond donors (Lipinski definition) is 2. The Hall–Kier alpha value is -4.87. The second-order valence-electron chi connectivity index (χ2n) is 20.0. The number of halogens is 2. The fraction of sp³-hybridized carbons (Fsp3) is 0.545. The molecule has 12 heteroatoms. The van der Waals surface area contributed by atoms with Crippen molar-refractivity contribution in [2.75, 3.05) is 58.4 Å². The average molecular weight is 938 g/mol. The highest BCUT2D eigenvalue weighted by Crippen LogP contribution is 2.57. The van der Waals surface area contributed by atoms with Gasteiger partial charge in [0.25, 0.3) is 0 Å². The van der Waals surface area contributed by atoms with Crippen molar-refractivity contribution in [3.8, 4) is 17.2 Å². The first-order valence-electron chi connectivity index (χ1n) is 24.9. The standard InChI is InChI=1S/C55H70ClFN4O6/c1-38(37-67-50-17-25-58-49-13-4-8-39(2)52(49)50)32-42-34-41-15-16-47(36-48(41)54(42)21-23-55(24-22-54,53(63)64)59-45-11-6-10-43(56)35-45)65-30-7-14-51(62)60(3)26-18-40-9-5-12-46(33-40)66-31-29-61-27-19-44(57)20-28-61/h5-6,9-12,15-17,25,33,35-36,38-39,42,44,59H,4,7-8,13-14,18-24,26-32,34,37H2,1-3H3,(H,63,64)/t38-,39-,42?,54?,55?/m1/s1. The van der Waals surface area contributed by atoms with E-state index in [9.17, 15) is 19.1 Å².